The van der Waals surface area contributed by atoms with E-state index in [1.807, 2.05) is 13.8 Å². The van der Waals surface area contributed by atoms with Gasteiger partial charge in [-0.25, -0.2) is 14.2 Å². The Morgan fingerprint density at radius 2 is 2.02 bits per heavy atom. The van der Waals surface area contributed by atoms with Crippen LogP contribution in [0.5, 0.6) is 0 Å². The van der Waals surface area contributed by atoms with Crippen molar-refractivity contribution >= 4 is 46.2 Å². The summed E-state index contributed by atoms with van der Waals surface area (Å²) < 4.78 is 20.3. The van der Waals surface area contributed by atoms with Gasteiger partial charge in [-0.05, 0) is 37.3 Å². The minimum Gasteiger partial charge on any atom is -0.453 e. The Labute approximate surface area is 240 Å². The van der Waals surface area contributed by atoms with E-state index in [-0.39, 0.29) is 47.4 Å². The third kappa shape index (κ3) is 8.37. The van der Waals surface area contributed by atoms with Crippen LogP contribution in [0, 0.1) is 11.7 Å². The van der Waals surface area contributed by atoms with Crippen LogP contribution in [0.15, 0.2) is 35.4 Å². The first-order chi connectivity index (χ1) is 19.4. The quantitative estimate of drug-likeness (QED) is 0.290. The van der Waals surface area contributed by atoms with E-state index in [4.69, 9.17) is 11.6 Å². The Balaban J connectivity index is 1.83. The second kappa shape index (κ2) is 13.9. The minimum atomic E-state index is -1.08. The first-order valence-corrected chi connectivity index (χ1v) is 13.2. The average Bonchev–Trinajstić information content (AvgIpc) is 3.34. The zero-order valence-corrected chi connectivity index (χ0v) is 24.2. The van der Waals surface area contributed by atoms with Gasteiger partial charge in [0, 0.05) is 20.3 Å². The Hall–Kier alpha value is -4.26. The molecule has 0 aliphatic rings. The van der Waals surface area contributed by atoms with Crippen LogP contribution >= 0.6 is 11.6 Å². The van der Waals surface area contributed by atoms with E-state index in [9.17, 15) is 23.6 Å². The number of likely N-dealkylation sites (N-methyl/N-ethyl adjacent to an activating group) is 1. The van der Waals surface area contributed by atoms with Gasteiger partial charge in [0.25, 0.3) is 5.56 Å². The van der Waals surface area contributed by atoms with Crippen molar-refractivity contribution in [2.75, 3.05) is 26.5 Å². The highest BCUT2D eigenvalue weighted by molar-refractivity contribution is 6.30. The van der Waals surface area contributed by atoms with E-state index in [1.54, 1.807) is 20.2 Å². The molecule has 3 rings (SSSR count). The molecule has 0 fully saturated rings. The van der Waals surface area contributed by atoms with E-state index in [0.717, 1.165) is 13.3 Å². The molecule has 3 aromatic rings. The molecular formula is C27H33ClFN7O5. The van der Waals surface area contributed by atoms with Crippen LogP contribution in [0.3, 0.4) is 0 Å². The lowest BCUT2D eigenvalue weighted by Crippen LogP contribution is -2.44. The van der Waals surface area contributed by atoms with E-state index >= 15 is 0 Å². The number of anilines is 1. The molecule has 0 radical (unpaired) electrons. The van der Waals surface area contributed by atoms with Gasteiger partial charge in [-0.15, -0.1) is 0 Å². The number of allylic oxidation sites excluding steroid dienone is 1. The Morgan fingerprint density at radius 1 is 1.29 bits per heavy atom. The summed E-state index contributed by atoms with van der Waals surface area (Å²) >= 11 is 6.26. The lowest BCUT2D eigenvalue weighted by molar-refractivity contribution is -0.123. The molecule has 0 aliphatic heterocycles. The molecule has 0 saturated heterocycles. The topological polar surface area (TPSA) is 151 Å². The van der Waals surface area contributed by atoms with Crippen molar-refractivity contribution in [1.29, 1.82) is 0 Å². The number of amides is 3. The second-order valence-electron chi connectivity index (χ2n) is 9.95. The number of hydrogen-bond donors (Lipinski definition) is 3. The molecule has 1 atom stereocenters. The zero-order chi connectivity index (χ0) is 30.3. The number of alkyl carbamates (subject to hydrolysis) is 1. The molecule has 3 aromatic heterocycles. The lowest BCUT2D eigenvalue weighted by Gasteiger charge is -2.17. The fourth-order valence-electron chi connectivity index (χ4n) is 3.93. The van der Waals surface area contributed by atoms with Gasteiger partial charge in [-0.1, -0.05) is 31.5 Å². The molecule has 3 N–H and O–H groups in total. The summed E-state index contributed by atoms with van der Waals surface area (Å²) in [6.07, 6.45) is 5.58. The Kier molecular flexibility index (Phi) is 10.6. The summed E-state index contributed by atoms with van der Waals surface area (Å²) in [6.45, 7) is 3.94. The molecule has 220 valence electrons. The van der Waals surface area contributed by atoms with Crippen molar-refractivity contribution in [2.24, 2.45) is 5.92 Å². The molecule has 0 aromatic carbocycles. The third-order valence-corrected chi connectivity index (χ3v) is 6.16. The number of aromatic nitrogens is 4. The van der Waals surface area contributed by atoms with Crippen molar-refractivity contribution < 1.29 is 23.5 Å². The first kappa shape index (κ1) is 31.3. The number of hydrogen-bond acceptors (Lipinski definition) is 7. The van der Waals surface area contributed by atoms with Crippen LogP contribution in [0.1, 0.15) is 38.2 Å². The number of nitrogens with zero attached hydrogens (tertiary/aromatic N) is 4. The van der Waals surface area contributed by atoms with Gasteiger partial charge < -0.3 is 29.8 Å². The van der Waals surface area contributed by atoms with Crippen molar-refractivity contribution in [1.82, 2.24) is 29.7 Å². The van der Waals surface area contributed by atoms with Crippen molar-refractivity contribution in [2.45, 2.75) is 45.7 Å². The minimum absolute atomic E-state index is 0.0912. The number of pyridine rings is 2. The van der Waals surface area contributed by atoms with Crippen molar-refractivity contribution in [3.63, 3.8) is 0 Å². The summed E-state index contributed by atoms with van der Waals surface area (Å²) in [5, 5.41) is 5.08. The Morgan fingerprint density at radius 3 is 2.68 bits per heavy atom. The maximum atomic E-state index is 14.4. The van der Waals surface area contributed by atoms with Crippen LogP contribution < -0.4 is 16.2 Å². The lowest BCUT2D eigenvalue weighted by atomic mass is 10.1. The van der Waals surface area contributed by atoms with Gasteiger partial charge in [-0.2, -0.15) is 0 Å². The largest absolute Gasteiger partial charge is 0.453 e. The molecule has 12 nitrogen and oxygen atoms in total. The molecular weight excluding hydrogens is 557 g/mol. The monoisotopic (exact) mass is 589 g/mol. The fourth-order valence-corrected chi connectivity index (χ4v) is 4.16. The first-order valence-electron chi connectivity index (χ1n) is 12.8. The van der Waals surface area contributed by atoms with Gasteiger partial charge in [0.15, 0.2) is 5.82 Å². The summed E-state index contributed by atoms with van der Waals surface area (Å²) in [5.74, 6) is -0.942. The Bertz CT molecular complexity index is 1520. The number of halogens is 2. The summed E-state index contributed by atoms with van der Waals surface area (Å²) in [7, 11) is 4.36. The molecule has 0 aliphatic carbocycles. The van der Waals surface area contributed by atoms with E-state index in [1.165, 1.54) is 27.8 Å². The molecule has 14 heteroatoms. The number of nitrogens with one attached hydrogen (secondary N) is 3. The van der Waals surface area contributed by atoms with Gasteiger partial charge in [0.2, 0.25) is 11.8 Å². The van der Waals surface area contributed by atoms with Gasteiger partial charge in [0.05, 0.1) is 36.1 Å². The fraction of sp³-hybridized carbons (Fsp3) is 0.407. The van der Waals surface area contributed by atoms with Gasteiger partial charge in [-0.3, -0.25) is 19.4 Å². The highest BCUT2D eigenvalue weighted by Crippen LogP contribution is 2.21. The van der Waals surface area contributed by atoms with Gasteiger partial charge >= 0.3 is 6.09 Å². The van der Waals surface area contributed by atoms with Crippen LogP contribution in [0.4, 0.5) is 14.9 Å². The summed E-state index contributed by atoms with van der Waals surface area (Å²) in [6, 6.07) is 0.199. The van der Waals surface area contributed by atoms with Crippen LogP contribution in [-0.4, -0.2) is 69.6 Å². The van der Waals surface area contributed by atoms with Crippen LogP contribution in [0.25, 0.3) is 11.0 Å². The number of carbonyl (C=O) groups excluding carboxylic acids is 3. The SMILES string of the molecule is COC(=O)NC(CCC=CC(=O)N(C)C)C(=O)Nc1cc(Cl)cn(Cc2nc3c(F)cnc(CC(C)C)c3[nH]2)c1=O. The van der Waals surface area contributed by atoms with Crippen LogP contribution in [-0.2, 0) is 27.3 Å². The maximum Gasteiger partial charge on any atom is 0.407 e. The molecule has 41 heavy (non-hydrogen) atoms. The summed E-state index contributed by atoms with van der Waals surface area (Å²) in [4.78, 5) is 62.9. The molecule has 0 bridgehead atoms. The molecule has 3 amide bonds. The number of carbonyl (C=O) groups is 3. The van der Waals surface area contributed by atoms with E-state index in [2.05, 4.69) is 30.3 Å². The van der Waals surface area contributed by atoms with Gasteiger partial charge in [0.1, 0.15) is 23.1 Å². The predicted octanol–water partition coefficient (Wildman–Crippen LogP) is 3.25. The number of aromatic amines is 1. The number of fused-ring (bicyclic) bond motifs is 1. The highest BCUT2D eigenvalue weighted by atomic mass is 35.5. The number of ether oxygens (including phenoxy) is 1. The summed E-state index contributed by atoms with van der Waals surface area (Å²) in [5.41, 5.74) is 0.494. The third-order valence-electron chi connectivity index (χ3n) is 5.95. The standard InChI is InChI=1S/C27H33ClFN7O5/c1-15(2)10-19-24-23(17(29)12-30-19)33-21(34-24)14-36-13-16(28)11-20(26(36)39)31-25(38)18(32-27(40)41-5)8-6-7-9-22(37)35(3)4/h7,9,11-13,15,18H,6,8,10,14H2,1-5H3,(H,31,38)(H,32,40)(H,33,34). The second-order valence-corrected chi connectivity index (χ2v) is 10.4. The van der Waals surface area contributed by atoms with E-state index in [0.29, 0.717) is 23.5 Å². The smallest absolute Gasteiger partial charge is 0.407 e. The maximum absolute atomic E-state index is 14.4. The molecule has 0 saturated carbocycles. The highest BCUT2D eigenvalue weighted by Gasteiger charge is 2.23. The molecule has 0 spiro atoms. The van der Waals surface area contributed by atoms with E-state index < -0.39 is 29.4 Å². The van der Waals surface area contributed by atoms with Crippen molar-refractivity contribution in [3.8, 4) is 0 Å². The number of methoxy groups -OCH3 is 1. The average molecular weight is 590 g/mol. The number of rotatable bonds is 11. The number of imidazole rings is 1. The predicted molar refractivity (Wildman–Crippen MR) is 152 cm³/mol. The van der Waals surface area contributed by atoms with Crippen molar-refractivity contribution in [3.05, 3.63) is 63.3 Å². The number of H-pyrrole nitrogens is 1. The zero-order valence-electron chi connectivity index (χ0n) is 23.5. The molecule has 3 heterocycles. The normalized spacial score (nSPS) is 12.1. The molecule has 1 unspecified atom stereocenters. The van der Waals surface area contributed by atoms with Crippen LogP contribution in [0.2, 0.25) is 5.02 Å².